The second-order valence-electron chi connectivity index (χ2n) is 7.20. The van der Waals surface area contributed by atoms with E-state index in [0.717, 1.165) is 25.7 Å². The van der Waals surface area contributed by atoms with Gasteiger partial charge in [0.05, 0.1) is 17.4 Å². The second-order valence-corrected chi connectivity index (χ2v) is 9.43. The number of hydrogen-bond acceptors (Lipinski definition) is 4. The molecule has 0 unspecified atom stereocenters. The third kappa shape index (κ3) is 4.05. The minimum atomic E-state index is -3.02. The molecule has 23 heavy (non-hydrogen) atoms. The van der Waals surface area contributed by atoms with Gasteiger partial charge >= 0.3 is 0 Å². The summed E-state index contributed by atoms with van der Waals surface area (Å²) in [5, 5.41) is 3.11. The van der Waals surface area contributed by atoms with Crippen molar-refractivity contribution >= 4 is 21.7 Å². The molecule has 0 radical (unpaired) electrons. The van der Waals surface area contributed by atoms with E-state index >= 15 is 0 Å². The number of nitrogens with zero attached hydrogens (tertiary/aromatic N) is 1. The van der Waals surface area contributed by atoms with E-state index < -0.39 is 9.84 Å². The van der Waals surface area contributed by atoms with Crippen LogP contribution in [0.25, 0.3) is 0 Å². The van der Waals surface area contributed by atoms with Crippen LogP contribution in [0.3, 0.4) is 0 Å². The monoisotopic (exact) mass is 342 g/mol. The second kappa shape index (κ2) is 6.79. The molecule has 2 amide bonds. The molecule has 2 saturated heterocycles. The molecule has 2 heterocycles. The molecule has 0 spiro atoms. The molecule has 0 aromatic rings. The van der Waals surface area contributed by atoms with Crippen LogP contribution in [-0.4, -0.2) is 55.3 Å². The van der Waals surface area contributed by atoms with Crippen molar-refractivity contribution in [1.29, 1.82) is 0 Å². The lowest BCUT2D eigenvalue weighted by atomic mass is 10.0. The summed E-state index contributed by atoms with van der Waals surface area (Å²) >= 11 is 0. The van der Waals surface area contributed by atoms with Crippen molar-refractivity contribution in [3.63, 3.8) is 0 Å². The fourth-order valence-corrected chi connectivity index (χ4v) is 5.75. The first kappa shape index (κ1) is 16.7. The lowest BCUT2D eigenvalue weighted by molar-refractivity contribution is -0.130. The Bertz CT molecular complexity index is 567. The molecule has 130 valence electrons. The van der Waals surface area contributed by atoms with Crippen LogP contribution in [0.1, 0.15) is 51.4 Å². The Morgan fingerprint density at radius 1 is 1.09 bits per heavy atom. The predicted octanol–water partition coefficient (Wildman–Crippen LogP) is 0.861. The van der Waals surface area contributed by atoms with Gasteiger partial charge in [0, 0.05) is 25.0 Å². The number of amides is 2. The standard InChI is InChI=1S/C16H26N2O4S/c19-15-9-12(10-18(15)14-7-8-23(21,22)11-14)16(20)17-13-5-3-1-2-4-6-13/h12-14H,1-11H2,(H,17,20)/t12-,14-/m0/s1. The highest BCUT2D eigenvalue weighted by atomic mass is 32.2. The smallest absolute Gasteiger partial charge is 0.225 e. The molecule has 0 bridgehead atoms. The van der Waals surface area contributed by atoms with Crippen LogP contribution in [0.5, 0.6) is 0 Å². The van der Waals surface area contributed by atoms with E-state index in [-0.39, 0.29) is 47.7 Å². The van der Waals surface area contributed by atoms with E-state index in [4.69, 9.17) is 0 Å². The van der Waals surface area contributed by atoms with Crippen LogP contribution in [0.4, 0.5) is 0 Å². The Labute approximate surface area is 137 Å². The van der Waals surface area contributed by atoms with Crippen molar-refractivity contribution in [2.45, 2.75) is 63.5 Å². The summed E-state index contributed by atoms with van der Waals surface area (Å²) in [4.78, 5) is 26.3. The summed E-state index contributed by atoms with van der Waals surface area (Å²) in [6.07, 6.45) is 7.55. The number of hydrogen-bond donors (Lipinski definition) is 1. The molecular formula is C16H26N2O4S. The van der Waals surface area contributed by atoms with E-state index in [1.165, 1.54) is 12.8 Å². The van der Waals surface area contributed by atoms with Crippen LogP contribution in [0.15, 0.2) is 0 Å². The average molecular weight is 342 g/mol. The molecule has 3 fully saturated rings. The van der Waals surface area contributed by atoms with E-state index in [0.29, 0.717) is 13.0 Å². The number of rotatable bonds is 3. The minimum absolute atomic E-state index is 0.0337. The highest BCUT2D eigenvalue weighted by Crippen LogP contribution is 2.27. The molecule has 1 aliphatic carbocycles. The van der Waals surface area contributed by atoms with Gasteiger partial charge in [0.25, 0.3) is 0 Å². The maximum absolute atomic E-state index is 12.5. The molecule has 0 aromatic heterocycles. The Morgan fingerprint density at radius 2 is 1.78 bits per heavy atom. The average Bonchev–Trinajstić information content (AvgIpc) is 2.93. The third-order valence-electron chi connectivity index (χ3n) is 5.38. The molecule has 2 aliphatic heterocycles. The van der Waals surface area contributed by atoms with E-state index in [2.05, 4.69) is 5.32 Å². The minimum Gasteiger partial charge on any atom is -0.353 e. The van der Waals surface area contributed by atoms with Crippen LogP contribution in [0.2, 0.25) is 0 Å². The Hall–Kier alpha value is -1.11. The maximum atomic E-state index is 12.5. The number of likely N-dealkylation sites (tertiary alicyclic amines) is 1. The van der Waals surface area contributed by atoms with Gasteiger partial charge in [0.2, 0.25) is 11.8 Å². The lowest BCUT2D eigenvalue weighted by Crippen LogP contribution is -2.41. The number of carbonyl (C=O) groups is 2. The molecule has 1 saturated carbocycles. The van der Waals surface area contributed by atoms with Gasteiger partial charge in [-0.2, -0.15) is 0 Å². The zero-order valence-corrected chi connectivity index (χ0v) is 14.3. The van der Waals surface area contributed by atoms with Crippen LogP contribution in [-0.2, 0) is 19.4 Å². The van der Waals surface area contributed by atoms with Crippen molar-refractivity contribution in [2.24, 2.45) is 5.92 Å². The zero-order valence-electron chi connectivity index (χ0n) is 13.5. The van der Waals surface area contributed by atoms with Crippen molar-refractivity contribution in [2.75, 3.05) is 18.1 Å². The number of sulfone groups is 1. The molecule has 3 rings (SSSR count). The first-order valence-electron chi connectivity index (χ1n) is 8.75. The summed E-state index contributed by atoms with van der Waals surface area (Å²) in [5.41, 5.74) is 0. The molecule has 2 atom stereocenters. The van der Waals surface area contributed by atoms with Gasteiger partial charge in [0.15, 0.2) is 9.84 Å². The summed E-state index contributed by atoms with van der Waals surface area (Å²) in [5.74, 6) is -0.230. The van der Waals surface area contributed by atoms with Crippen molar-refractivity contribution in [3.05, 3.63) is 0 Å². The van der Waals surface area contributed by atoms with Gasteiger partial charge in [-0.25, -0.2) is 8.42 Å². The highest BCUT2D eigenvalue weighted by molar-refractivity contribution is 7.91. The van der Waals surface area contributed by atoms with Gasteiger partial charge in [0.1, 0.15) is 0 Å². The predicted molar refractivity (Wildman–Crippen MR) is 86.5 cm³/mol. The van der Waals surface area contributed by atoms with E-state index in [1.807, 2.05) is 0 Å². The summed E-state index contributed by atoms with van der Waals surface area (Å²) < 4.78 is 23.2. The van der Waals surface area contributed by atoms with Crippen molar-refractivity contribution in [3.8, 4) is 0 Å². The Balaban J connectivity index is 1.55. The summed E-state index contributed by atoms with van der Waals surface area (Å²) in [7, 11) is -3.02. The van der Waals surface area contributed by atoms with Crippen LogP contribution >= 0.6 is 0 Å². The van der Waals surface area contributed by atoms with Crippen LogP contribution < -0.4 is 5.32 Å². The van der Waals surface area contributed by atoms with Gasteiger partial charge in [-0.05, 0) is 19.3 Å². The molecule has 3 aliphatic rings. The van der Waals surface area contributed by atoms with Crippen molar-refractivity contribution in [1.82, 2.24) is 10.2 Å². The summed E-state index contributed by atoms with van der Waals surface area (Å²) in [6.45, 7) is 0.373. The lowest BCUT2D eigenvalue weighted by Gasteiger charge is -2.23. The Morgan fingerprint density at radius 3 is 2.39 bits per heavy atom. The quantitative estimate of drug-likeness (QED) is 0.771. The molecule has 0 aromatic carbocycles. The Kier molecular flexibility index (Phi) is 4.94. The normalized spacial score (nSPS) is 32.0. The van der Waals surface area contributed by atoms with E-state index in [9.17, 15) is 18.0 Å². The molecular weight excluding hydrogens is 316 g/mol. The van der Waals surface area contributed by atoms with Crippen molar-refractivity contribution < 1.29 is 18.0 Å². The molecule has 1 N–H and O–H groups in total. The fourth-order valence-electron chi connectivity index (χ4n) is 4.02. The number of carbonyl (C=O) groups excluding carboxylic acids is 2. The zero-order chi connectivity index (χ0) is 16.4. The largest absolute Gasteiger partial charge is 0.353 e. The maximum Gasteiger partial charge on any atom is 0.225 e. The van der Waals surface area contributed by atoms with Gasteiger partial charge in [-0.15, -0.1) is 0 Å². The van der Waals surface area contributed by atoms with Crippen LogP contribution in [0, 0.1) is 5.92 Å². The molecule has 6 nitrogen and oxygen atoms in total. The number of nitrogens with one attached hydrogen (secondary N) is 1. The molecule has 7 heteroatoms. The highest BCUT2D eigenvalue weighted by Gasteiger charge is 2.42. The topological polar surface area (TPSA) is 83.6 Å². The third-order valence-corrected chi connectivity index (χ3v) is 7.13. The summed E-state index contributed by atoms with van der Waals surface area (Å²) in [6, 6.07) is 0.00388. The SMILES string of the molecule is O=C(NC1CCCCCC1)[C@H]1CC(=O)N([C@H]2CCS(=O)(=O)C2)C1. The first-order chi connectivity index (χ1) is 10.9. The van der Waals surface area contributed by atoms with Gasteiger partial charge in [-0.3, -0.25) is 9.59 Å². The van der Waals surface area contributed by atoms with E-state index in [1.54, 1.807) is 4.90 Å². The van der Waals surface area contributed by atoms with Gasteiger partial charge < -0.3 is 10.2 Å². The fraction of sp³-hybridized carbons (Fsp3) is 0.875. The first-order valence-corrected chi connectivity index (χ1v) is 10.6. The van der Waals surface area contributed by atoms with Gasteiger partial charge in [-0.1, -0.05) is 25.7 Å².